The van der Waals surface area contributed by atoms with Crippen molar-refractivity contribution in [1.82, 2.24) is 10.6 Å². The number of fused-ring (bicyclic) bond motifs is 18. The van der Waals surface area contributed by atoms with E-state index >= 15 is 0 Å². The molecule has 10 rings (SSSR count). The largest absolute Gasteiger partial charge is 0.491 e. The fourth-order valence-electron chi connectivity index (χ4n) is 13.3. The number of benzene rings is 6. The smallest absolute Gasteiger partial charge is 0.257 e. The van der Waals surface area contributed by atoms with Crippen LogP contribution in [0.2, 0.25) is 0 Å². The maximum atomic E-state index is 13.9. The number of hydrogen-bond donors (Lipinski definition) is 2. The summed E-state index contributed by atoms with van der Waals surface area (Å²) in [5.41, 5.74) is 16.3. The topological polar surface area (TPSA) is 150 Å². The van der Waals surface area contributed by atoms with Crippen molar-refractivity contribution in [3.05, 3.63) is 173 Å². The number of rotatable bonds is 8. The van der Waals surface area contributed by atoms with Crippen molar-refractivity contribution in [1.29, 1.82) is 0 Å². The monoisotopic (exact) mass is 1370 g/mol. The molecule has 0 spiro atoms. The lowest BCUT2D eigenvalue weighted by Gasteiger charge is -2.29. The molecular formula is C86H118N2O12. The lowest BCUT2D eigenvalue weighted by molar-refractivity contribution is -0.123. The van der Waals surface area contributed by atoms with Crippen LogP contribution in [-0.4, -0.2) is 117 Å². The predicted molar refractivity (Wildman–Crippen MR) is 401 cm³/mol. The van der Waals surface area contributed by atoms with E-state index in [1.807, 2.05) is 13.8 Å². The molecule has 0 radical (unpaired) electrons. The Morgan fingerprint density at radius 2 is 0.460 bits per heavy atom. The van der Waals surface area contributed by atoms with E-state index in [1.54, 1.807) is 0 Å². The van der Waals surface area contributed by atoms with Crippen molar-refractivity contribution < 1.29 is 57.0 Å². The Balaban J connectivity index is 1.52. The average molecular weight is 1370 g/mol. The van der Waals surface area contributed by atoms with Gasteiger partial charge in [-0.05, 0) is 146 Å². The first kappa shape index (κ1) is 77.1. The molecule has 2 amide bonds. The van der Waals surface area contributed by atoms with Crippen molar-refractivity contribution in [2.75, 3.05) is 106 Å². The Labute approximate surface area is 599 Å². The highest BCUT2D eigenvalue weighted by Gasteiger charge is 2.32. The summed E-state index contributed by atoms with van der Waals surface area (Å²) in [5, 5.41) is 6.04. The Hall–Kier alpha value is -7.10. The molecule has 4 heterocycles. The van der Waals surface area contributed by atoms with Crippen molar-refractivity contribution in [3.8, 4) is 34.5 Å². The van der Waals surface area contributed by atoms with Crippen LogP contribution in [0, 0.1) is 0 Å². The summed E-state index contributed by atoms with van der Waals surface area (Å²) in [4.78, 5) is 27.8. The van der Waals surface area contributed by atoms with E-state index in [-0.39, 0.29) is 83.9 Å². The summed E-state index contributed by atoms with van der Waals surface area (Å²) < 4.78 is 69.0. The minimum absolute atomic E-state index is 0.189. The van der Waals surface area contributed by atoms with E-state index in [2.05, 4.69) is 208 Å². The third-order valence-electron chi connectivity index (χ3n) is 19.0. The molecule has 2 N–H and O–H groups in total. The Morgan fingerprint density at radius 1 is 0.290 bits per heavy atom. The van der Waals surface area contributed by atoms with Crippen molar-refractivity contribution in [2.45, 2.75) is 209 Å². The van der Waals surface area contributed by atoms with Crippen LogP contribution in [-0.2, 0) is 99.6 Å². The van der Waals surface area contributed by atoms with E-state index < -0.39 is 0 Å². The quantitative estimate of drug-likeness (QED) is 0.139. The number of hydrogen-bond acceptors (Lipinski definition) is 12. The molecule has 100 heavy (non-hydrogen) atoms. The second-order valence-corrected chi connectivity index (χ2v) is 33.6. The van der Waals surface area contributed by atoms with Crippen molar-refractivity contribution in [3.63, 3.8) is 0 Å². The molecule has 6 aromatic carbocycles. The van der Waals surface area contributed by atoms with Crippen LogP contribution in [0.3, 0.4) is 0 Å². The molecule has 6 aromatic rings. The molecule has 14 nitrogen and oxygen atoms in total. The van der Waals surface area contributed by atoms with Gasteiger partial charge in [0.15, 0.2) is 13.2 Å². The average Bonchev–Trinajstić information content (AvgIpc) is 0.778. The summed E-state index contributed by atoms with van der Waals surface area (Å²) in [7, 11) is 0. The zero-order valence-corrected chi connectivity index (χ0v) is 64.4. The molecule has 0 saturated heterocycles. The van der Waals surface area contributed by atoms with Gasteiger partial charge >= 0.3 is 0 Å². The lowest BCUT2D eigenvalue weighted by atomic mass is 9.79. The normalized spacial score (nSPS) is 15.9. The third-order valence-corrected chi connectivity index (χ3v) is 19.0. The van der Waals surface area contributed by atoms with E-state index in [9.17, 15) is 9.59 Å². The van der Waals surface area contributed by atoms with Gasteiger partial charge in [-0.2, -0.15) is 0 Å². The van der Waals surface area contributed by atoms with Gasteiger partial charge in [0.2, 0.25) is 0 Å². The molecule has 14 heteroatoms. The highest BCUT2D eigenvalue weighted by atomic mass is 16.6. The van der Waals surface area contributed by atoms with E-state index in [4.69, 9.17) is 47.4 Å². The minimum atomic E-state index is -0.321. The molecular weight excluding hydrogens is 1250 g/mol. The van der Waals surface area contributed by atoms with Gasteiger partial charge in [0.1, 0.15) is 60.9 Å². The van der Waals surface area contributed by atoms with Crippen molar-refractivity contribution >= 4 is 11.8 Å². The zero-order valence-electron chi connectivity index (χ0n) is 64.4. The molecule has 4 aliphatic heterocycles. The second-order valence-electron chi connectivity index (χ2n) is 33.6. The van der Waals surface area contributed by atoms with Gasteiger partial charge < -0.3 is 58.0 Å². The molecule has 0 atom stereocenters. The summed E-state index contributed by atoms with van der Waals surface area (Å²) >= 11 is 0. The highest BCUT2D eigenvalue weighted by Crippen LogP contribution is 2.47. The van der Waals surface area contributed by atoms with Gasteiger partial charge in [-0.25, -0.2) is 0 Å². The van der Waals surface area contributed by atoms with Gasteiger partial charge in [-0.3, -0.25) is 9.59 Å². The molecule has 0 fully saturated rings. The number of amides is 2. The molecule has 544 valence electrons. The fourth-order valence-corrected chi connectivity index (χ4v) is 13.3. The number of ether oxygens (including phenoxy) is 10. The van der Waals surface area contributed by atoms with E-state index in [0.717, 1.165) is 123 Å². The summed E-state index contributed by atoms with van der Waals surface area (Å²) in [6, 6.07) is 27.7. The number of carbonyl (C=O) groups excluding carboxylic acids is 2. The molecule has 16 bridgehead atoms. The molecule has 0 unspecified atom stereocenters. The minimum Gasteiger partial charge on any atom is -0.491 e. The molecule has 4 aliphatic rings. The Morgan fingerprint density at radius 3 is 0.640 bits per heavy atom. The maximum Gasteiger partial charge on any atom is 0.257 e. The Bertz CT molecular complexity index is 3380. The first-order chi connectivity index (χ1) is 47.1. The standard InChI is InChI=1S/C86H118N2O12/c1-21-87-73(89)53-99-79-63-37-59-45-67(81(3,4)5)41-55-35-57-43-69(83(9,10)11)47-61-39-65-51-72(86(18,19)20)52-66(80(65)100-54-74(90)88-22-2)40-62-48-70(84(12,13)14)44-58(78(62)98-34-30-94-25-23-91-27-31-95-75(55)59)36-56-42-68(82(6,7)8)46-60(38-64(79)50-71(49-63)85(15,16)17)76(56)96-32-28-92-24-26-93-29-33-97-77(57)61/h41-52H,21-40,53-54H2,1-20H3,(H,87,89)(H,88,90). The lowest BCUT2D eigenvalue weighted by Crippen LogP contribution is -2.29. The number of carbonyl (C=O) groups is 2. The summed E-state index contributed by atoms with van der Waals surface area (Å²) in [6.07, 6.45) is 2.43. The predicted octanol–water partition coefficient (Wildman–Crippen LogP) is 16.0. The van der Waals surface area contributed by atoms with Crippen LogP contribution in [0.4, 0.5) is 0 Å². The van der Waals surface area contributed by atoms with Gasteiger partial charge in [-0.15, -0.1) is 0 Å². The fraction of sp³-hybridized carbons (Fsp3) is 0.558. The molecule has 0 aliphatic carbocycles. The van der Waals surface area contributed by atoms with Crippen LogP contribution in [0.25, 0.3) is 0 Å². The summed E-state index contributed by atoms with van der Waals surface area (Å²) in [6.45, 7) is 48.7. The number of nitrogens with one attached hydrogen (secondary N) is 2. The summed E-state index contributed by atoms with van der Waals surface area (Å²) in [5.74, 6) is 3.83. The van der Waals surface area contributed by atoms with E-state index in [1.165, 1.54) is 0 Å². The van der Waals surface area contributed by atoms with Gasteiger partial charge in [0, 0.05) is 51.6 Å². The van der Waals surface area contributed by atoms with Crippen LogP contribution in [0.5, 0.6) is 34.5 Å². The highest BCUT2D eigenvalue weighted by molar-refractivity contribution is 5.78. The van der Waals surface area contributed by atoms with Crippen LogP contribution in [0.15, 0.2) is 72.8 Å². The molecule has 0 saturated carbocycles. The third kappa shape index (κ3) is 20.2. The van der Waals surface area contributed by atoms with Gasteiger partial charge in [-0.1, -0.05) is 197 Å². The molecule has 0 aromatic heterocycles. The van der Waals surface area contributed by atoms with E-state index in [0.29, 0.717) is 116 Å². The van der Waals surface area contributed by atoms with Gasteiger partial charge in [0.05, 0.1) is 52.9 Å². The first-order valence-electron chi connectivity index (χ1n) is 36.7. The van der Waals surface area contributed by atoms with Crippen LogP contribution < -0.4 is 39.1 Å². The maximum absolute atomic E-state index is 13.9. The van der Waals surface area contributed by atoms with Crippen LogP contribution >= 0.6 is 0 Å². The number of likely N-dealkylation sites (N-methyl/N-ethyl adjacent to an activating group) is 2. The second kappa shape index (κ2) is 32.5. The zero-order chi connectivity index (χ0) is 72.5. The SMILES string of the molecule is CCNC(=O)COc1c2cc(C(C)(C)C)cc1Cc1cc(C(C)(C)C)cc3c1OCCOCCOCCOc1c4cc(C(C)(C)C)cc1Cc1cc(C(C)(C)C)cc(c1OCC(=O)NCC)Cc1cc(C(C)(C)C)cc(c1OCCOCCOCCOc1c(cc(C(C)(C)C)cc1C2)C4)C3. The first-order valence-corrected chi connectivity index (χ1v) is 36.7. The van der Waals surface area contributed by atoms with Gasteiger partial charge in [0.25, 0.3) is 11.8 Å². The van der Waals surface area contributed by atoms with Crippen LogP contribution in [0.1, 0.15) is 239 Å². The Kier molecular flexibility index (Phi) is 25.0. The van der Waals surface area contributed by atoms with Crippen molar-refractivity contribution in [2.24, 2.45) is 0 Å².